The zero-order valence-corrected chi connectivity index (χ0v) is 12.4. The number of hydrogen-bond acceptors (Lipinski definition) is 3. The minimum atomic E-state index is -0.942. The van der Waals surface area contributed by atoms with Crippen molar-refractivity contribution in [1.82, 2.24) is 4.90 Å². The van der Waals surface area contributed by atoms with Gasteiger partial charge in [0.25, 0.3) is 0 Å². The number of nitrogens with zero attached hydrogens (tertiary/aromatic N) is 1. The largest absolute Gasteiger partial charge is 0.478 e. The van der Waals surface area contributed by atoms with Crippen molar-refractivity contribution in [1.29, 1.82) is 0 Å². The monoisotopic (exact) mass is 291 g/mol. The van der Waals surface area contributed by atoms with Crippen molar-refractivity contribution in [3.63, 3.8) is 0 Å². The maximum atomic E-state index is 12.4. The number of rotatable bonds is 4. The lowest BCUT2D eigenvalue weighted by atomic mass is 9.94. The van der Waals surface area contributed by atoms with Gasteiger partial charge in [-0.15, -0.1) is 0 Å². The van der Waals surface area contributed by atoms with Gasteiger partial charge in [-0.3, -0.25) is 4.79 Å². The SMILES string of the molecule is CC1CC(C(=O)N(C)Cc2ccc(C(=O)O)cc2)CCO1. The molecular formula is C16H21NO4. The average Bonchev–Trinajstić information content (AvgIpc) is 2.47. The predicted molar refractivity (Wildman–Crippen MR) is 78.0 cm³/mol. The predicted octanol–water partition coefficient (Wildman–Crippen LogP) is 2.16. The van der Waals surface area contributed by atoms with E-state index in [1.165, 1.54) is 0 Å². The second-order valence-corrected chi connectivity index (χ2v) is 5.60. The number of benzene rings is 1. The summed E-state index contributed by atoms with van der Waals surface area (Å²) in [6.07, 6.45) is 1.67. The normalized spacial score (nSPS) is 21.8. The highest BCUT2D eigenvalue weighted by Crippen LogP contribution is 2.22. The van der Waals surface area contributed by atoms with Crippen LogP contribution in [0.15, 0.2) is 24.3 Å². The quantitative estimate of drug-likeness (QED) is 0.923. The summed E-state index contributed by atoms with van der Waals surface area (Å²) in [5.41, 5.74) is 1.18. The number of carboxylic acids is 1. The lowest BCUT2D eigenvalue weighted by molar-refractivity contribution is -0.139. The fourth-order valence-corrected chi connectivity index (χ4v) is 2.64. The topological polar surface area (TPSA) is 66.8 Å². The molecule has 1 saturated heterocycles. The van der Waals surface area contributed by atoms with E-state index < -0.39 is 5.97 Å². The molecule has 2 unspecified atom stereocenters. The van der Waals surface area contributed by atoms with E-state index in [0.29, 0.717) is 13.2 Å². The van der Waals surface area contributed by atoms with Gasteiger partial charge in [-0.25, -0.2) is 4.79 Å². The van der Waals surface area contributed by atoms with Gasteiger partial charge in [0.15, 0.2) is 0 Å². The third kappa shape index (κ3) is 4.04. The molecule has 1 fully saturated rings. The molecule has 0 bridgehead atoms. The first-order valence-electron chi connectivity index (χ1n) is 7.16. The summed E-state index contributed by atoms with van der Waals surface area (Å²) in [7, 11) is 1.79. The first-order valence-corrected chi connectivity index (χ1v) is 7.16. The number of carbonyl (C=O) groups is 2. The summed E-state index contributed by atoms with van der Waals surface area (Å²) in [6, 6.07) is 6.62. The Kier molecular flexibility index (Phi) is 4.96. The Morgan fingerprint density at radius 3 is 2.57 bits per heavy atom. The van der Waals surface area contributed by atoms with Crippen molar-refractivity contribution >= 4 is 11.9 Å². The molecule has 1 aliphatic heterocycles. The summed E-state index contributed by atoms with van der Waals surface area (Å²) in [6.45, 7) is 3.12. The molecule has 1 aliphatic rings. The Labute approximate surface area is 124 Å². The van der Waals surface area contributed by atoms with Crippen molar-refractivity contribution < 1.29 is 19.4 Å². The highest BCUT2D eigenvalue weighted by atomic mass is 16.5. The van der Waals surface area contributed by atoms with Gasteiger partial charge in [-0.05, 0) is 37.5 Å². The van der Waals surface area contributed by atoms with Crippen molar-refractivity contribution in [3.8, 4) is 0 Å². The Hall–Kier alpha value is -1.88. The lowest BCUT2D eigenvalue weighted by Crippen LogP contribution is -2.37. The molecule has 1 heterocycles. The molecule has 1 amide bonds. The van der Waals surface area contributed by atoms with E-state index in [2.05, 4.69) is 0 Å². The van der Waals surface area contributed by atoms with Gasteiger partial charge in [-0.2, -0.15) is 0 Å². The van der Waals surface area contributed by atoms with Crippen molar-refractivity contribution in [2.75, 3.05) is 13.7 Å². The second kappa shape index (κ2) is 6.72. The van der Waals surface area contributed by atoms with E-state index in [0.717, 1.165) is 18.4 Å². The van der Waals surface area contributed by atoms with Crippen LogP contribution in [-0.4, -0.2) is 41.6 Å². The number of carboxylic acid groups (broad SMARTS) is 1. The third-order valence-electron chi connectivity index (χ3n) is 3.83. The van der Waals surface area contributed by atoms with E-state index in [4.69, 9.17) is 9.84 Å². The van der Waals surface area contributed by atoms with Gasteiger partial charge in [-0.1, -0.05) is 12.1 Å². The molecule has 1 aromatic carbocycles. The number of amides is 1. The van der Waals surface area contributed by atoms with Crippen molar-refractivity contribution in [3.05, 3.63) is 35.4 Å². The zero-order valence-electron chi connectivity index (χ0n) is 12.4. The molecule has 0 spiro atoms. The highest BCUT2D eigenvalue weighted by Gasteiger charge is 2.27. The van der Waals surface area contributed by atoms with Gasteiger partial charge in [0.1, 0.15) is 0 Å². The first-order chi connectivity index (χ1) is 9.97. The van der Waals surface area contributed by atoms with Gasteiger partial charge >= 0.3 is 5.97 Å². The fraction of sp³-hybridized carbons (Fsp3) is 0.500. The summed E-state index contributed by atoms with van der Waals surface area (Å²) < 4.78 is 5.47. The van der Waals surface area contributed by atoms with Crippen LogP contribution in [0.5, 0.6) is 0 Å². The molecule has 0 aromatic heterocycles. The Balaban J connectivity index is 1.95. The third-order valence-corrected chi connectivity index (χ3v) is 3.83. The van der Waals surface area contributed by atoms with Gasteiger partial charge in [0.05, 0.1) is 11.7 Å². The molecule has 114 valence electrons. The smallest absolute Gasteiger partial charge is 0.335 e. The molecule has 5 nitrogen and oxygen atoms in total. The van der Waals surface area contributed by atoms with E-state index in [1.54, 1.807) is 36.2 Å². The van der Waals surface area contributed by atoms with Gasteiger partial charge < -0.3 is 14.7 Å². The summed E-state index contributed by atoms with van der Waals surface area (Å²) in [5, 5.41) is 8.86. The van der Waals surface area contributed by atoms with Crippen LogP contribution in [0.25, 0.3) is 0 Å². The molecule has 2 atom stereocenters. The minimum absolute atomic E-state index is 0.0250. The van der Waals surface area contributed by atoms with Crippen LogP contribution in [0.1, 0.15) is 35.7 Å². The maximum absolute atomic E-state index is 12.4. The molecular weight excluding hydrogens is 270 g/mol. The van der Waals surface area contributed by atoms with Crippen LogP contribution in [-0.2, 0) is 16.1 Å². The van der Waals surface area contributed by atoms with Crippen molar-refractivity contribution in [2.45, 2.75) is 32.4 Å². The Morgan fingerprint density at radius 2 is 2.00 bits per heavy atom. The number of aromatic carboxylic acids is 1. The van der Waals surface area contributed by atoms with Crippen LogP contribution >= 0.6 is 0 Å². The summed E-state index contributed by atoms with van der Waals surface area (Å²) >= 11 is 0. The molecule has 2 rings (SSSR count). The molecule has 21 heavy (non-hydrogen) atoms. The number of hydrogen-bond donors (Lipinski definition) is 1. The highest BCUT2D eigenvalue weighted by molar-refractivity contribution is 5.87. The Morgan fingerprint density at radius 1 is 1.33 bits per heavy atom. The standard InChI is InChI=1S/C16H21NO4/c1-11-9-14(7-8-21-11)15(18)17(2)10-12-3-5-13(6-4-12)16(19)20/h3-6,11,14H,7-10H2,1-2H3,(H,19,20). The van der Waals surface area contributed by atoms with Crippen LogP contribution in [0.4, 0.5) is 0 Å². The van der Waals surface area contributed by atoms with Crippen molar-refractivity contribution in [2.24, 2.45) is 5.92 Å². The van der Waals surface area contributed by atoms with E-state index >= 15 is 0 Å². The number of carbonyl (C=O) groups excluding carboxylic acids is 1. The first kappa shape index (κ1) is 15.5. The minimum Gasteiger partial charge on any atom is -0.478 e. The molecule has 1 aromatic rings. The van der Waals surface area contributed by atoms with Crippen LogP contribution in [0, 0.1) is 5.92 Å². The molecule has 1 N–H and O–H groups in total. The number of ether oxygens (including phenoxy) is 1. The van der Waals surface area contributed by atoms with Gasteiger partial charge in [0, 0.05) is 26.1 Å². The second-order valence-electron chi connectivity index (χ2n) is 5.60. The molecule has 0 radical (unpaired) electrons. The maximum Gasteiger partial charge on any atom is 0.335 e. The van der Waals surface area contributed by atoms with E-state index in [-0.39, 0.29) is 23.5 Å². The van der Waals surface area contributed by atoms with Crippen LogP contribution < -0.4 is 0 Å². The van der Waals surface area contributed by atoms with E-state index in [9.17, 15) is 9.59 Å². The Bertz CT molecular complexity index is 512. The molecule has 0 saturated carbocycles. The summed E-state index contributed by atoms with van der Waals surface area (Å²) in [5.74, 6) is -0.785. The van der Waals surface area contributed by atoms with E-state index in [1.807, 2.05) is 6.92 Å². The molecule has 5 heteroatoms. The molecule has 0 aliphatic carbocycles. The van der Waals surface area contributed by atoms with Crippen LogP contribution in [0.3, 0.4) is 0 Å². The summed E-state index contributed by atoms with van der Waals surface area (Å²) in [4.78, 5) is 24.9. The lowest BCUT2D eigenvalue weighted by Gasteiger charge is -2.29. The average molecular weight is 291 g/mol. The fourth-order valence-electron chi connectivity index (χ4n) is 2.64. The zero-order chi connectivity index (χ0) is 15.4. The van der Waals surface area contributed by atoms with Crippen LogP contribution in [0.2, 0.25) is 0 Å². The van der Waals surface area contributed by atoms with Gasteiger partial charge in [0.2, 0.25) is 5.91 Å².